The summed E-state index contributed by atoms with van der Waals surface area (Å²) in [5.41, 5.74) is 1.84. The molecule has 0 fully saturated rings. The van der Waals surface area contributed by atoms with Crippen LogP contribution in [0.4, 0.5) is 11.4 Å². The molecule has 0 unspecified atom stereocenters. The highest BCUT2D eigenvalue weighted by Gasteiger charge is 2.17. The van der Waals surface area contributed by atoms with Crippen LogP contribution in [0.5, 0.6) is 5.75 Å². The molecule has 0 aliphatic carbocycles. The number of furan rings is 1. The molecule has 10 nitrogen and oxygen atoms in total. The molecule has 0 saturated carbocycles. The SMILES string of the molecule is COc1ccc(NC(=O)CSc2nnc(-c3ccc(NS(C)(=O)=O)cc3)n2Cc2ccco2)cc1. The van der Waals surface area contributed by atoms with Gasteiger partial charge < -0.3 is 14.5 Å². The lowest BCUT2D eigenvalue weighted by molar-refractivity contribution is -0.113. The number of carbonyl (C=O) groups is 1. The molecule has 35 heavy (non-hydrogen) atoms. The van der Waals surface area contributed by atoms with Gasteiger partial charge >= 0.3 is 0 Å². The van der Waals surface area contributed by atoms with Crippen LogP contribution in [0.2, 0.25) is 0 Å². The summed E-state index contributed by atoms with van der Waals surface area (Å²) in [5.74, 6) is 1.90. The molecule has 4 aromatic rings. The number of hydrogen-bond acceptors (Lipinski definition) is 8. The highest BCUT2D eigenvalue weighted by molar-refractivity contribution is 7.99. The molecule has 0 bridgehead atoms. The van der Waals surface area contributed by atoms with E-state index in [1.165, 1.54) is 11.8 Å². The van der Waals surface area contributed by atoms with Crippen molar-refractivity contribution >= 4 is 39.1 Å². The first-order valence-corrected chi connectivity index (χ1v) is 13.3. The quantitative estimate of drug-likeness (QED) is 0.307. The molecule has 2 aromatic carbocycles. The van der Waals surface area contributed by atoms with Gasteiger partial charge in [0.1, 0.15) is 11.5 Å². The lowest BCUT2D eigenvalue weighted by Crippen LogP contribution is -2.14. The Bertz CT molecular complexity index is 1380. The molecule has 0 radical (unpaired) electrons. The Kier molecular flexibility index (Phi) is 7.42. The highest BCUT2D eigenvalue weighted by Crippen LogP contribution is 2.27. The van der Waals surface area contributed by atoms with E-state index in [-0.39, 0.29) is 11.7 Å². The van der Waals surface area contributed by atoms with Crippen LogP contribution in [0.15, 0.2) is 76.5 Å². The summed E-state index contributed by atoms with van der Waals surface area (Å²) in [6, 6.07) is 17.5. The van der Waals surface area contributed by atoms with Gasteiger partial charge in [0.15, 0.2) is 11.0 Å². The topological polar surface area (TPSA) is 128 Å². The Morgan fingerprint density at radius 3 is 2.40 bits per heavy atom. The fraction of sp³-hybridized carbons (Fsp3) is 0.174. The van der Waals surface area contributed by atoms with E-state index < -0.39 is 10.0 Å². The molecule has 2 heterocycles. The van der Waals surface area contributed by atoms with Crippen LogP contribution < -0.4 is 14.8 Å². The fourth-order valence-electron chi connectivity index (χ4n) is 3.21. The smallest absolute Gasteiger partial charge is 0.234 e. The molecule has 0 spiro atoms. The number of carbonyl (C=O) groups excluding carboxylic acids is 1. The van der Waals surface area contributed by atoms with Gasteiger partial charge in [0, 0.05) is 16.9 Å². The maximum atomic E-state index is 12.5. The van der Waals surface area contributed by atoms with Crippen molar-refractivity contribution < 1.29 is 22.4 Å². The molecular formula is C23H23N5O5S2. The maximum absolute atomic E-state index is 12.5. The first-order chi connectivity index (χ1) is 16.8. The number of sulfonamides is 1. The largest absolute Gasteiger partial charge is 0.497 e. The first-order valence-electron chi connectivity index (χ1n) is 10.4. The van der Waals surface area contributed by atoms with Crippen molar-refractivity contribution in [2.75, 3.05) is 29.2 Å². The summed E-state index contributed by atoms with van der Waals surface area (Å²) < 4.78 is 37.9. The number of ether oxygens (including phenoxy) is 1. The summed E-state index contributed by atoms with van der Waals surface area (Å²) >= 11 is 1.25. The summed E-state index contributed by atoms with van der Waals surface area (Å²) in [5, 5.41) is 12.0. The predicted octanol–water partition coefficient (Wildman–Crippen LogP) is 3.70. The average molecular weight is 514 g/mol. The molecule has 182 valence electrons. The Hall–Kier alpha value is -3.77. The van der Waals surface area contributed by atoms with E-state index in [1.54, 1.807) is 68.0 Å². The van der Waals surface area contributed by atoms with Gasteiger partial charge in [-0.05, 0) is 60.7 Å². The average Bonchev–Trinajstić information content (AvgIpc) is 3.48. The predicted molar refractivity (Wildman–Crippen MR) is 134 cm³/mol. The summed E-state index contributed by atoms with van der Waals surface area (Å²) in [6.07, 6.45) is 2.68. The van der Waals surface area contributed by atoms with Gasteiger partial charge in [0.2, 0.25) is 15.9 Å². The van der Waals surface area contributed by atoms with Gasteiger partial charge in [0.05, 0.1) is 31.9 Å². The maximum Gasteiger partial charge on any atom is 0.234 e. The molecule has 2 N–H and O–H groups in total. The monoisotopic (exact) mass is 513 g/mol. The molecule has 0 aliphatic heterocycles. The Morgan fingerprint density at radius 1 is 1.06 bits per heavy atom. The number of rotatable bonds is 10. The van der Waals surface area contributed by atoms with E-state index in [1.807, 2.05) is 10.6 Å². The highest BCUT2D eigenvalue weighted by atomic mass is 32.2. The molecule has 0 saturated heterocycles. The number of aromatic nitrogens is 3. The molecule has 0 atom stereocenters. The van der Waals surface area contributed by atoms with Crippen molar-refractivity contribution in [3.8, 4) is 17.1 Å². The van der Waals surface area contributed by atoms with E-state index in [2.05, 4.69) is 20.2 Å². The van der Waals surface area contributed by atoms with Gasteiger partial charge in [-0.2, -0.15) is 0 Å². The standard InChI is InChI=1S/C23H23N5O5S2/c1-32-19-11-9-17(10-12-19)24-21(29)15-34-23-26-25-22(28(23)14-20-4-3-13-33-20)16-5-7-18(8-6-16)27-35(2,30)31/h3-13,27H,14-15H2,1-2H3,(H,24,29). The minimum Gasteiger partial charge on any atom is -0.497 e. The lowest BCUT2D eigenvalue weighted by atomic mass is 10.2. The second-order valence-corrected chi connectivity index (χ2v) is 10.2. The van der Waals surface area contributed by atoms with E-state index in [0.717, 1.165) is 11.8 Å². The number of amides is 1. The first kappa shape index (κ1) is 24.4. The number of nitrogens with one attached hydrogen (secondary N) is 2. The number of nitrogens with zero attached hydrogens (tertiary/aromatic N) is 3. The lowest BCUT2D eigenvalue weighted by Gasteiger charge is -2.10. The summed E-state index contributed by atoms with van der Waals surface area (Å²) in [7, 11) is -1.80. The summed E-state index contributed by atoms with van der Waals surface area (Å²) in [6.45, 7) is 0.362. The van der Waals surface area contributed by atoms with Crippen molar-refractivity contribution in [1.29, 1.82) is 0 Å². The van der Waals surface area contributed by atoms with E-state index in [0.29, 0.717) is 40.4 Å². The normalized spacial score (nSPS) is 11.3. The van der Waals surface area contributed by atoms with Crippen LogP contribution in [0, 0.1) is 0 Å². The van der Waals surface area contributed by atoms with Crippen LogP contribution in [0.25, 0.3) is 11.4 Å². The van der Waals surface area contributed by atoms with Crippen molar-refractivity contribution in [1.82, 2.24) is 14.8 Å². The zero-order valence-electron chi connectivity index (χ0n) is 19.0. The number of thioether (sulfide) groups is 1. The zero-order chi connectivity index (χ0) is 24.8. The second-order valence-electron chi connectivity index (χ2n) is 7.49. The Labute approximate surface area is 206 Å². The fourth-order valence-corrected chi connectivity index (χ4v) is 4.51. The van der Waals surface area contributed by atoms with E-state index in [4.69, 9.17) is 9.15 Å². The molecule has 4 rings (SSSR count). The zero-order valence-corrected chi connectivity index (χ0v) is 20.6. The van der Waals surface area contributed by atoms with Crippen LogP contribution in [0.1, 0.15) is 5.76 Å². The van der Waals surface area contributed by atoms with Crippen LogP contribution >= 0.6 is 11.8 Å². The van der Waals surface area contributed by atoms with Crippen molar-refractivity contribution in [2.45, 2.75) is 11.7 Å². The van der Waals surface area contributed by atoms with Crippen LogP contribution in [0.3, 0.4) is 0 Å². The van der Waals surface area contributed by atoms with Gasteiger partial charge in [-0.25, -0.2) is 8.42 Å². The molecule has 1 amide bonds. The van der Waals surface area contributed by atoms with E-state index in [9.17, 15) is 13.2 Å². The minimum absolute atomic E-state index is 0.125. The third kappa shape index (κ3) is 6.64. The number of methoxy groups -OCH3 is 1. The number of anilines is 2. The Morgan fingerprint density at radius 2 is 1.77 bits per heavy atom. The minimum atomic E-state index is -3.38. The van der Waals surface area contributed by atoms with Crippen molar-refractivity contribution in [3.05, 3.63) is 72.7 Å². The second kappa shape index (κ2) is 10.7. The van der Waals surface area contributed by atoms with E-state index >= 15 is 0 Å². The van der Waals surface area contributed by atoms with Gasteiger partial charge in [-0.1, -0.05) is 11.8 Å². The molecule has 0 aliphatic rings. The molecule has 12 heteroatoms. The van der Waals surface area contributed by atoms with Crippen LogP contribution in [-0.2, 0) is 21.4 Å². The van der Waals surface area contributed by atoms with Gasteiger partial charge in [-0.3, -0.25) is 14.1 Å². The van der Waals surface area contributed by atoms with Gasteiger partial charge in [0.25, 0.3) is 0 Å². The van der Waals surface area contributed by atoms with Crippen LogP contribution in [-0.4, -0.2) is 48.2 Å². The number of hydrogen-bond donors (Lipinski definition) is 2. The van der Waals surface area contributed by atoms with Crippen molar-refractivity contribution in [2.24, 2.45) is 0 Å². The van der Waals surface area contributed by atoms with Crippen molar-refractivity contribution in [3.63, 3.8) is 0 Å². The Balaban J connectivity index is 1.51. The van der Waals surface area contributed by atoms with Gasteiger partial charge in [-0.15, -0.1) is 10.2 Å². The third-order valence-electron chi connectivity index (χ3n) is 4.76. The molecule has 2 aromatic heterocycles. The molecular weight excluding hydrogens is 490 g/mol. The summed E-state index contributed by atoms with van der Waals surface area (Å²) in [4.78, 5) is 12.5. The number of benzene rings is 2. The third-order valence-corrected chi connectivity index (χ3v) is 6.34.